The second-order valence-corrected chi connectivity index (χ2v) is 11.5. The van der Waals surface area contributed by atoms with E-state index in [1.54, 1.807) is 18.3 Å². The molecule has 0 aliphatic carbocycles. The van der Waals surface area contributed by atoms with Crippen LogP contribution in [0.3, 0.4) is 0 Å². The monoisotopic (exact) mass is 448 g/mol. The normalized spacial score (nSPS) is 18.1. The molecule has 0 bridgehead atoms. The van der Waals surface area contributed by atoms with Crippen LogP contribution in [-0.2, 0) is 16.9 Å². The fourth-order valence-corrected chi connectivity index (χ4v) is 7.82. The third kappa shape index (κ3) is 4.39. The van der Waals surface area contributed by atoms with Crippen LogP contribution in [0.2, 0.25) is 0 Å². The molecule has 1 fully saturated rings. The fraction of sp³-hybridized carbons (Fsp3) is 0.316. The lowest BCUT2D eigenvalue weighted by molar-refractivity contribution is 0.102. The van der Waals surface area contributed by atoms with Gasteiger partial charge in [-0.05, 0) is 25.5 Å². The highest BCUT2D eigenvalue weighted by Gasteiger charge is 2.29. The van der Waals surface area contributed by atoms with E-state index < -0.39 is 9.84 Å². The molecule has 0 radical (unpaired) electrons. The first-order valence-electron chi connectivity index (χ1n) is 9.05. The highest BCUT2D eigenvalue weighted by atomic mass is 32.2. The molecule has 29 heavy (non-hydrogen) atoms. The zero-order chi connectivity index (χ0) is 20.6. The van der Waals surface area contributed by atoms with Gasteiger partial charge in [0.2, 0.25) is 0 Å². The van der Waals surface area contributed by atoms with Crippen molar-refractivity contribution in [3.63, 3.8) is 0 Å². The van der Waals surface area contributed by atoms with Crippen molar-refractivity contribution in [1.82, 2.24) is 14.5 Å². The van der Waals surface area contributed by atoms with E-state index in [-0.39, 0.29) is 22.7 Å². The molecular weight excluding hydrogens is 428 g/mol. The molecule has 1 amide bonds. The SMILES string of the molecule is Cc1nc(NC(=O)c2ccccc2SC2CCS(=O)(=O)C2)sc1-c1nccn1C. The number of carbonyl (C=O) groups excluding carboxylic acids is 1. The van der Waals surface area contributed by atoms with Crippen molar-refractivity contribution in [1.29, 1.82) is 0 Å². The van der Waals surface area contributed by atoms with Gasteiger partial charge in [-0.3, -0.25) is 10.1 Å². The minimum Gasteiger partial charge on any atom is -0.333 e. The molecule has 0 saturated carbocycles. The van der Waals surface area contributed by atoms with Crippen molar-refractivity contribution in [3.05, 3.63) is 47.9 Å². The van der Waals surface area contributed by atoms with Crippen molar-refractivity contribution >= 4 is 44.0 Å². The van der Waals surface area contributed by atoms with Gasteiger partial charge in [0, 0.05) is 29.6 Å². The van der Waals surface area contributed by atoms with Gasteiger partial charge in [0.15, 0.2) is 20.8 Å². The maximum absolute atomic E-state index is 12.9. The Balaban J connectivity index is 1.53. The predicted octanol–water partition coefficient (Wildman–Crippen LogP) is 3.38. The first-order chi connectivity index (χ1) is 13.8. The van der Waals surface area contributed by atoms with Gasteiger partial charge in [0.1, 0.15) is 0 Å². The number of thiazole rings is 1. The number of nitrogens with zero attached hydrogens (tertiary/aromatic N) is 3. The van der Waals surface area contributed by atoms with E-state index in [9.17, 15) is 13.2 Å². The van der Waals surface area contributed by atoms with Crippen molar-refractivity contribution in [2.24, 2.45) is 7.05 Å². The van der Waals surface area contributed by atoms with Gasteiger partial charge in [-0.2, -0.15) is 0 Å². The molecule has 1 aliphatic rings. The summed E-state index contributed by atoms with van der Waals surface area (Å²) < 4.78 is 25.4. The molecule has 1 saturated heterocycles. The van der Waals surface area contributed by atoms with E-state index in [2.05, 4.69) is 15.3 Å². The molecule has 10 heteroatoms. The molecule has 1 N–H and O–H groups in total. The van der Waals surface area contributed by atoms with Gasteiger partial charge in [0.05, 0.1) is 27.6 Å². The quantitative estimate of drug-likeness (QED) is 0.643. The number of sulfone groups is 1. The Bertz CT molecular complexity index is 1170. The first-order valence-corrected chi connectivity index (χ1v) is 12.6. The molecule has 152 valence electrons. The van der Waals surface area contributed by atoms with Crippen molar-refractivity contribution in [2.45, 2.75) is 23.5 Å². The molecule has 1 atom stereocenters. The highest BCUT2D eigenvalue weighted by Crippen LogP contribution is 2.35. The molecule has 3 aromatic rings. The average molecular weight is 449 g/mol. The summed E-state index contributed by atoms with van der Waals surface area (Å²) >= 11 is 2.84. The lowest BCUT2D eigenvalue weighted by atomic mass is 10.2. The summed E-state index contributed by atoms with van der Waals surface area (Å²) in [7, 11) is -1.05. The third-order valence-electron chi connectivity index (χ3n) is 4.66. The summed E-state index contributed by atoms with van der Waals surface area (Å²) in [5.74, 6) is 0.924. The lowest BCUT2D eigenvalue weighted by Crippen LogP contribution is -2.14. The van der Waals surface area contributed by atoms with Crippen LogP contribution in [0.5, 0.6) is 0 Å². The van der Waals surface area contributed by atoms with Crippen LogP contribution in [0.25, 0.3) is 10.7 Å². The molecule has 4 rings (SSSR count). The van der Waals surface area contributed by atoms with Crippen molar-refractivity contribution in [2.75, 3.05) is 16.8 Å². The van der Waals surface area contributed by atoms with E-state index >= 15 is 0 Å². The Morgan fingerprint density at radius 1 is 1.34 bits per heavy atom. The number of carbonyl (C=O) groups is 1. The standard InChI is InChI=1S/C19H20N4O3S3/c1-12-16(17-20-8-9-23(17)2)28-19(21-12)22-18(24)14-5-3-4-6-15(14)27-13-7-10-29(25,26)11-13/h3-6,8-9,13H,7,10-11H2,1-2H3,(H,21,22,24). The summed E-state index contributed by atoms with van der Waals surface area (Å²) in [4.78, 5) is 23.4. The first kappa shape index (κ1) is 20.1. The minimum absolute atomic E-state index is 0.0222. The summed E-state index contributed by atoms with van der Waals surface area (Å²) in [5, 5.41) is 3.37. The van der Waals surface area contributed by atoms with Crippen molar-refractivity contribution < 1.29 is 13.2 Å². The Kier molecular flexibility index (Phi) is 5.50. The van der Waals surface area contributed by atoms with E-state index in [0.29, 0.717) is 17.1 Å². The van der Waals surface area contributed by atoms with Crippen LogP contribution < -0.4 is 5.32 Å². The van der Waals surface area contributed by atoms with Gasteiger partial charge in [0.25, 0.3) is 5.91 Å². The number of benzene rings is 1. The molecule has 7 nitrogen and oxygen atoms in total. The zero-order valence-corrected chi connectivity index (χ0v) is 18.4. The van der Waals surface area contributed by atoms with Crippen LogP contribution in [-0.4, -0.2) is 45.6 Å². The largest absolute Gasteiger partial charge is 0.333 e. The van der Waals surface area contributed by atoms with Crippen LogP contribution in [0.15, 0.2) is 41.6 Å². The zero-order valence-electron chi connectivity index (χ0n) is 16.0. The van der Waals surface area contributed by atoms with Crippen LogP contribution in [0.1, 0.15) is 22.5 Å². The molecule has 1 aromatic carbocycles. The number of aryl methyl sites for hydroxylation is 2. The third-order valence-corrected chi connectivity index (χ3v) is 9.05. The van der Waals surface area contributed by atoms with Gasteiger partial charge in [-0.15, -0.1) is 11.8 Å². The molecule has 3 heterocycles. The summed E-state index contributed by atoms with van der Waals surface area (Å²) in [6, 6.07) is 7.27. The molecule has 0 spiro atoms. The highest BCUT2D eigenvalue weighted by molar-refractivity contribution is 8.02. The molecule has 1 aliphatic heterocycles. The average Bonchev–Trinajstić information content (AvgIpc) is 3.34. The number of thioether (sulfide) groups is 1. The smallest absolute Gasteiger partial charge is 0.258 e. The van der Waals surface area contributed by atoms with Gasteiger partial charge in [-0.1, -0.05) is 23.5 Å². The number of imidazole rings is 1. The summed E-state index contributed by atoms with van der Waals surface area (Å²) in [5.41, 5.74) is 1.33. The number of amides is 1. The number of anilines is 1. The van der Waals surface area contributed by atoms with Gasteiger partial charge >= 0.3 is 0 Å². The van der Waals surface area contributed by atoms with E-state index in [1.165, 1.54) is 23.1 Å². The van der Waals surface area contributed by atoms with Crippen LogP contribution in [0, 0.1) is 6.92 Å². The maximum atomic E-state index is 12.9. The minimum atomic E-state index is -2.96. The van der Waals surface area contributed by atoms with E-state index in [0.717, 1.165) is 21.3 Å². The lowest BCUT2D eigenvalue weighted by Gasteiger charge is -2.11. The van der Waals surface area contributed by atoms with E-state index in [1.807, 2.05) is 36.9 Å². The van der Waals surface area contributed by atoms with Crippen molar-refractivity contribution in [3.8, 4) is 10.7 Å². The second kappa shape index (κ2) is 7.92. The Morgan fingerprint density at radius 3 is 2.83 bits per heavy atom. The van der Waals surface area contributed by atoms with Gasteiger partial charge in [-0.25, -0.2) is 18.4 Å². The van der Waals surface area contributed by atoms with E-state index in [4.69, 9.17) is 0 Å². The number of nitrogens with one attached hydrogen (secondary N) is 1. The van der Waals surface area contributed by atoms with Crippen LogP contribution in [0.4, 0.5) is 5.13 Å². The summed E-state index contributed by atoms with van der Waals surface area (Å²) in [6.07, 6.45) is 4.20. The molecular formula is C19H20N4O3S3. The Hall–Kier alpha value is -2.17. The molecule has 1 unspecified atom stereocenters. The Morgan fingerprint density at radius 2 is 2.14 bits per heavy atom. The maximum Gasteiger partial charge on any atom is 0.258 e. The summed E-state index contributed by atoms with van der Waals surface area (Å²) in [6.45, 7) is 1.89. The number of aromatic nitrogens is 3. The second-order valence-electron chi connectivity index (χ2n) is 6.89. The predicted molar refractivity (Wildman–Crippen MR) is 116 cm³/mol. The number of hydrogen-bond acceptors (Lipinski definition) is 7. The van der Waals surface area contributed by atoms with Gasteiger partial charge < -0.3 is 4.57 Å². The fourth-order valence-electron chi connectivity index (χ4n) is 3.20. The van der Waals surface area contributed by atoms with Crippen LogP contribution >= 0.6 is 23.1 Å². The number of rotatable bonds is 5. The molecule has 2 aromatic heterocycles. The number of hydrogen-bond donors (Lipinski definition) is 1. The topological polar surface area (TPSA) is 93.9 Å². The Labute approximate surface area is 177 Å².